The molecule has 0 amide bonds. The van der Waals surface area contributed by atoms with E-state index in [4.69, 9.17) is 4.42 Å². The van der Waals surface area contributed by atoms with Gasteiger partial charge in [-0.3, -0.25) is 4.98 Å². The fourth-order valence-corrected chi connectivity index (χ4v) is 1.31. The van der Waals surface area contributed by atoms with Gasteiger partial charge >= 0.3 is 5.76 Å². The van der Waals surface area contributed by atoms with Gasteiger partial charge in [0, 0.05) is 5.56 Å². The van der Waals surface area contributed by atoms with Crippen LogP contribution in [0.5, 0.6) is 0 Å². The van der Waals surface area contributed by atoms with Gasteiger partial charge in [-0.15, -0.1) is 0 Å². The van der Waals surface area contributed by atoms with E-state index in [1.54, 1.807) is 19.1 Å². The molecular formula is C10H8FNO2. The number of nitrogens with one attached hydrogen (secondary N) is 1. The first-order valence-corrected chi connectivity index (χ1v) is 4.12. The van der Waals surface area contributed by atoms with Crippen molar-refractivity contribution >= 4 is 0 Å². The van der Waals surface area contributed by atoms with Crippen LogP contribution in [0.2, 0.25) is 0 Å². The van der Waals surface area contributed by atoms with E-state index in [9.17, 15) is 9.18 Å². The van der Waals surface area contributed by atoms with Gasteiger partial charge in [0.05, 0.1) is 5.69 Å². The number of benzene rings is 1. The van der Waals surface area contributed by atoms with Crippen LogP contribution >= 0.6 is 0 Å². The van der Waals surface area contributed by atoms with Crippen LogP contribution in [0.1, 0.15) is 5.69 Å². The van der Waals surface area contributed by atoms with E-state index in [0.29, 0.717) is 17.0 Å². The summed E-state index contributed by atoms with van der Waals surface area (Å²) in [6.45, 7) is 1.70. The predicted octanol–water partition coefficient (Wildman–Crippen LogP) is 2.08. The number of halogens is 1. The quantitative estimate of drug-likeness (QED) is 0.753. The predicted molar refractivity (Wildman–Crippen MR) is 49.5 cm³/mol. The molecule has 1 heterocycles. The summed E-state index contributed by atoms with van der Waals surface area (Å²) in [7, 11) is 0. The molecule has 4 heteroatoms. The molecule has 2 aromatic rings. The van der Waals surface area contributed by atoms with Crippen LogP contribution in [0.25, 0.3) is 11.3 Å². The molecule has 1 aromatic heterocycles. The van der Waals surface area contributed by atoms with Gasteiger partial charge in [0.25, 0.3) is 0 Å². The second-order valence-corrected chi connectivity index (χ2v) is 2.98. The first-order valence-electron chi connectivity index (χ1n) is 4.12. The van der Waals surface area contributed by atoms with Gasteiger partial charge in [-0.05, 0) is 19.1 Å². The Morgan fingerprint density at radius 1 is 1.43 bits per heavy atom. The van der Waals surface area contributed by atoms with Crippen LogP contribution in [-0.4, -0.2) is 4.98 Å². The molecule has 0 saturated carbocycles. The zero-order chi connectivity index (χ0) is 10.1. The van der Waals surface area contributed by atoms with Crippen LogP contribution in [0, 0.1) is 12.7 Å². The normalized spacial score (nSPS) is 10.4. The summed E-state index contributed by atoms with van der Waals surface area (Å²) in [6, 6.07) is 5.90. The first kappa shape index (κ1) is 8.74. The second kappa shape index (κ2) is 3.14. The summed E-state index contributed by atoms with van der Waals surface area (Å²) in [5.41, 5.74) is 1.15. The molecule has 2 rings (SSSR count). The third kappa shape index (κ3) is 1.46. The lowest BCUT2D eigenvalue weighted by Crippen LogP contribution is -1.94. The molecule has 0 aliphatic heterocycles. The standard InChI is InChI=1S/C10H8FNO2/c1-6-9(14-10(13)12-6)7-3-2-4-8(11)5-7/h2-5H,1H3,(H,12,13). The van der Waals surface area contributed by atoms with Gasteiger partial charge in [0.1, 0.15) is 5.82 Å². The van der Waals surface area contributed by atoms with E-state index in [1.165, 1.54) is 12.1 Å². The molecule has 3 nitrogen and oxygen atoms in total. The highest BCUT2D eigenvalue weighted by Gasteiger charge is 2.08. The molecule has 0 atom stereocenters. The van der Waals surface area contributed by atoms with Crippen LogP contribution in [0.3, 0.4) is 0 Å². The van der Waals surface area contributed by atoms with Crippen molar-refractivity contribution in [1.82, 2.24) is 4.98 Å². The molecule has 72 valence electrons. The zero-order valence-corrected chi connectivity index (χ0v) is 7.50. The highest BCUT2D eigenvalue weighted by atomic mass is 19.1. The van der Waals surface area contributed by atoms with Crippen molar-refractivity contribution in [2.45, 2.75) is 6.92 Å². The minimum atomic E-state index is -0.526. The minimum absolute atomic E-state index is 0.356. The molecule has 0 unspecified atom stereocenters. The SMILES string of the molecule is Cc1[nH]c(=O)oc1-c1cccc(F)c1. The fraction of sp³-hybridized carbons (Fsp3) is 0.100. The molecule has 1 aromatic carbocycles. The van der Waals surface area contributed by atoms with Crippen molar-refractivity contribution in [3.63, 3.8) is 0 Å². The molecule has 0 saturated heterocycles. The summed E-state index contributed by atoms with van der Waals surface area (Å²) >= 11 is 0. The lowest BCUT2D eigenvalue weighted by Gasteiger charge is -1.96. The average Bonchev–Trinajstić information content (AvgIpc) is 2.45. The van der Waals surface area contributed by atoms with Crippen molar-refractivity contribution in [2.75, 3.05) is 0 Å². The molecule has 0 aliphatic carbocycles. The van der Waals surface area contributed by atoms with Crippen molar-refractivity contribution in [2.24, 2.45) is 0 Å². The lowest BCUT2D eigenvalue weighted by molar-refractivity contribution is 0.527. The van der Waals surface area contributed by atoms with Gasteiger partial charge in [0.2, 0.25) is 0 Å². The Bertz CT molecular complexity index is 513. The molecule has 0 fully saturated rings. The Morgan fingerprint density at radius 3 is 2.79 bits per heavy atom. The first-order chi connectivity index (χ1) is 6.66. The van der Waals surface area contributed by atoms with E-state index < -0.39 is 5.76 Å². The smallest absolute Gasteiger partial charge is 0.408 e. The summed E-state index contributed by atoms with van der Waals surface area (Å²) < 4.78 is 17.7. The number of hydrogen-bond donors (Lipinski definition) is 1. The zero-order valence-electron chi connectivity index (χ0n) is 7.50. The van der Waals surface area contributed by atoms with E-state index in [-0.39, 0.29) is 5.82 Å². The van der Waals surface area contributed by atoms with Gasteiger partial charge in [-0.1, -0.05) is 12.1 Å². The van der Waals surface area contributed by atoms with E-state index in [0.717, 1.165) is 0 Å². The van der Waals surface area contributed by atoms with Crippen molar-refractivity contribution in [3.05, 3.63) is 46.3 Å². The molecule has 0 aliphatic rings. The Balaban J connectivity index is 2.59. The van der Waals surface area contributed by atoms with Crippen LogP contribution < -0.4 is 5.76 Å². The van der Waals surface area contributed by atoms with Crippen molar-refractivity contribution in [3.8, 4) is 11.3 Å². The van der Waals surface area contributed by atoms with Gasteiger partial charge in [-0.25, -0.2) is 9.18 Å². The summed E-state index contributed by atoms with van der Waals surface area (Å²) in [6.07, 6.45) is 0. The summed E-state index contributed by atoms with van der Waals surface area (Å²) in [4.78, 5) is 13.3. The summed E-state index contributed by atoms with van der Waals surface area (Å²) in [5.74, 6) is -0.498. The number of aromatic amines is 1. The Morgan fingerprint density at radius 2 is 2.21 bits per heavy atom. The molecular weight excluding hydrogens is 185 g/mol. The highest BCUT2D eigenvalue weighted by Crippen LogP contribution is 2.21. The molecule has 0 bridgehead atoms. The molecule has 0 radical (unpaired) electrons. The number of oxazole rings is 1. The highest BCUT2D eigenvalue weighted by molar-refractivity contribution is 5.59. The van der Waals surface area contributed by atoms with Gasteiger partial charge in [-0.2, -0.15) is 0 Å². The third-order valence-corrected chi connectivity index (χ3v) is 1.91. The second-order valence-electron chi connectivity index (χ2n) is 2.98. The Kier molecular flexibility index (Phi) is 1.96. The number of rotatable bonds is 1. The van der Waals surface area contributed by atoms with Crippen molar-refractivity contribution < 1.29 is 8.81 Å². The third-order valence-electron chi connectivity index (χ3n) is 1.91. The van der Waals surface area contributed by atoms with Crippen LogP contribution in [0.4, 0.5) is 4.39 Å². The van der Waals surface area contributed by atoms with E-state index in [1.807, 2.05) is 0 Å². The number of H-pyrrole nitrogens is 1. The average molecular weight is 193 g/mol. The van der Waals surface area contributed by atoms with E-state index >= 15 is 0 Å². The summed E-state index contributed by atoms with van der Waals surface area (Å²) in [5, 5.41) is 0. The Labute approximate surface area is 79.2 Å². The maximum absolute atomic E-state index is 12.9. The van der Waals surface area contributed by atoms with E-state index in [2.05, 4.69) is 4.98 Å². The molecule has 0 spiro atoms. The molecule has 1 N–H and O–H groups in total. The Hall–Kier alpha value is -1.84. The number of aromatic nitrogens is 1. The number of aryl methyl sites for hydroxylation is 1. The van der Waals surface area contributed by atoms with Gasteiger partial charge < -0.3 is 4.42 Å². The van der Waals surface area contributed by atoms with Crippen molar-refractivity contribution in [1.29, 1.82) is 0 Å². The largest absolute Gasteiger partial charge is 0.417 e. The lowest BCUT2D eigenvalue weighted by atomic mass is 10.1. The maximum Gasteiger partial charge on any atom is 0.417 e. The van der Waals surface area contributed by atoms with Gasteiger partial charge in [0.15, 0.2) is 5.76 Å². The van der Waals surface area contributed by atoms with Crippen LogP contribution in [-0.2, 0) is 0 Å². The fourth-order valence-electron chi connectivity index (χ4n) is 1.31. The molecule has 14 heavy (non-hydrogen) atoms. The topological polar surface area (TPSA) is 46.0 Å². The minimum Gasteiger partial charge on any atom is -0.408 e. The number of hydrogen-bond acceptors (Lipinski definition) is 2. The monoisotopic (exact) mass is 193 g/mol. The maximum atomic E-state index is 12.9. The van der Waals surface area contributed by atoms with Crippen LogP contribution in [0.15, 0.2) is 33.5 Å².